The molecule has 1 aromatic heterocycles. The van der Waals surface area contributed by atoms with Crippen molar-refractivity contribution >= 4 is 28.3 Å². The van der Waals surface area contributed by atoms with Crippen LogP contribution in [0.25, 0.3) is 22.2 Å². The second kappa shape index (κ2) is 9.05. The lowest BCUT2D eigenvalue weighted by Crippen LogP contribution is -2.48. The first-order chi connectivity index (χ1) is 15.5. The van der Waals surface area contributed by atoms with E-state index in [4.69, 9.17) is 21.3 Å². The van der Waals surface area contributed by atoms with E-state index in [1.807, 2.05) is 0 Å². The SMILES string of the molecule is CC(C)N1CCN(c2ccc(-c3cc(Cl)c4nc(C5CCOCC5)n(C)c4c3)cc2)CC1. The Labute approximate surface area is 195 Å². The molecular weight excluding hydrogens is 420 g/mol. The molecule has 2 aromatic carbocycles. The van der Waals surface area contributed by atoms with Crippen LogP contribution in [0.3, 0.4) is 0 Å². The predicted octanol–water partition coefficient (Wildman–Crippen LogP) is 5.32. The molecule has 32 heavy (non-hydrogen) atoms. The van der Waals surface area contributed by atoms with Crippen LogP contribution in [0.4, 0.5) is 5.69 Å². The van der Waals surface area contributed by atoms with Gasteiger partial charge in [0.25, 0.3) is 0 Å². The molecule has 0 atom stereocenters. The molecular formula is C26H33ClN4O. The van der Waals surface area contributed by atoms with E-state index in [1.54, 1.807) is 0 Å². The molecule has 6 heteroatoms. The lowest BCUT2D eigenvalue weighted by molar-refractivity contribution is 0.0831. The Morgan fingerprint density at radius 2 is 1.66 bits per heavy atom. The minimum absolute atomic E-state index is 0.441. The standard InChI is InChI=1S/C26H33ClN4O/c1-18(2)30-10-12-31(13-11-30)22-6-4-19(5-7-22)21-16-23(27)25-24(17-21)29(3)26(28-25)20-8-14-32-15-9-20/h4-7,16-18,20H,8-15H2,1-3H3. The van der Waals surface area contributed by atoms with Crippen LogP contribution >= 0.6 is 11.6 Å². The molecule has 0 saturated carbocycles. The first kappa shape index (κ1) is 21.7. The second-order valence-electron chi connectivity index (χ2n) is 9.41. The van der Waals surface area contributed by atoms with Crippen molar-refractivity contribution in [3.63, 3.8) is 0 Å². The van der Waals surface area contributed by atoms with Crippen LogP contribution in [0.15, 0.2) is 36.4 Å². The van der Waals surface area contributed by atoms with Crippen LogP contribution in [-0.2, 0) is 11.8 Å². The van der Waals surface area contributed by atoms with Gasteiger partial charge in [-0.25, -0.2) is 4.98 Å². The predicted molar refractivity (Wildman–Crippen MR) is 133 cm³/mol. The number of rotatable bonds is 4. The number of aromatic nitrogens is 2. The molecule has 0 bridgehead atoms. The van der Waals surface area contributed by atoms with Gasteiger partial charge in [-0.3, -0.25) is 4.90 Å². The fourth-order valence-electron chi connectivity index (χ4n) is 5.11. The Kier molecular flexibility index (Phi) is 6.15. The lowest BCUT2D eigenvalue weighted by Gasteiger charge is -2.38. The third kappa shape index (κ3) is 4.14. The largest absolute Gasteiger partial charge is 0.381 e. The fourth-order valence-corrected chi connectivity index (χ4v) is 5.37. The van der Waals surface area contributed by atoms with E-state index >= 15 is 0 Å². The molecule has 170 valence electrons. The van der Waals surface area contributed by atoms with E-state index in [0.717, 1.165) is 79.7 Å². The summed E-state index contributed by atoms with van der Waals surface area (Å²) in [7, 11) is 2.11. The number of halogens is 1. The Bertz CT molecular complexity index is 1080. The summed E-state index contributed by atoms with van der Waals surface area (Å²) in [5.74, 6) is 1.56. The smallest absolute Gasteiger partial charge is 0.112 e. The van der Waals surface area contributed by atoms with Gasteiger partial charge in [0, 0.05) is 64.1 Å². The first-order valence-electron chi connectivity index (χ1n) is 11.8. The highest BCUT2D eigenvalue weighted by molar-refractivity contribution is 6.35. The van der Waals surface area contributed by atoms with Crippen LogP contribution in [0, 0.1) is 0 Å². The minimum atomic E-state index is 0.441. The third-order valence-corrected chi connectivity index (χ3v) is 7.46. The number of hydrogen-bond acceptors (Lipinski definition) is 4. The van der Waals surface area contributed by atoms with Crippen molar-refractivity contribution in [2.24, 2.45) is 7.05 Å². The third-order valence-electron chi connectivity index (χ3n) is 7.17. The summed E-state index contributed by atoms with van der Waals surface area (Å²) < 4.78 is 7.76. The van der Waals surface area contributed by atoms with E-state index in [-0.39, 0.29) is 0 Å². The maximum absolute atomic E-state index is 6.72. The number of benzene rings is 2. The summed E-state index contributed by atoms with van der Waals surface area (Å²) in [6.45, 7) is 10.6. The highest BCUT2D eigenvalue weighted by atomic mass is 35.5. The number of piperazine rings is 1. The zero-order valence-electron chi connectivity index (χ0n) is 19.4. The quantitative estimate of drug-likeness (QED) is 0.536. The van der Waals surface area contributed by atoms with E-state index in [0.29, 0.717) is 12.0 Å². The Morgan fingerprint density at radius 3 is 2.31 bits per heavy atom. The number of nitrogens with zero attached hydrogens (tertiary/aromatic N) is 4. The number of aryl methyl sites for hydroxylation is 1. The fraction of sp³-hybridized carbons (Fsp3) is 0.500. The minimum Gasteiger partial charge on any atom is -0.381 e. The number of fused-ring (bicyclic) bond motifs is 1. The summed E-state index contributed by atoms with van der Waals surface area (Å²) in [6.07, 6.45) is 2.04. The van der Waals surface area contributed by atoms with Crippen molar-refractivity contribution in [2.45, 2.75) is 38.6 Å². The molecule has 2 fully saturated rings. The molecule has 5 rings (SSSR count). The van der Waals surface area contributed by atoms with Gasteiger partial charge in [-0.1, -0.05) is 23.7 Å². The summed E-state index contributed by atoms with van der Waals surface area (Å²) in [4.78, 5) is 9.96. The summed E-state index contributed by atoms with van der Waals surface area (Å²) in [5.41, 5.74) is 5.63. The highest BCUT2D eigenvalue weighted by Crippen LogP contribution is 2.35. The molecule has 5 nitrogen and oxygen atoms in total. The molecule has 2 aliphatic rings. The molecule has 2 aliphatic heterocycles. The zero-order chi connectivity index (χ0) is 22.2. The van der Waals surface area contributed by atoms with E-state index in [9.17, 15) is 0 Å². The Balaban J connectivity index is 1.39. The van der Waals surface area contributed by atoms with Crippen molar-refractivity contribution in [3.05, 3.63) is 47.2 Å². The van der Waals surface area contributed by atoms with E-state index < -0.39 is 0 Å². The summed E-state index contributed by atoms with van der Waals surface area (Å²) in [5, 5.41) is 0.722. The molecule has 0 aliphatic carbocycles. The van der Waals surface area contributed by atoms with Crippen molar-refractivity contribution < 1.29 is 4.74 Å². The molecule has 3 aromatic rings. The molecule has 2 saturated heterocycles. The van der Waals surface area contributed by atoms with E-state index in [2.05, 4.69) is 71.7 Å². The van der Waals surface area contributed by atoms with Crippen LogP contribution in [0.2, 0.25) is 5.02 Å². The van der Waals surface area contributed by atoms with Crippen LogP contribution in [0.1, 0.15) is 38.4 Å². The second-order valence-corrected chi connectivity index (χ2v) is 9.81. The van der Waals surface area contributed by atoms with Crippen LogP contribution in [0.5, 0.6) is 0 Å². The van der Waals surface area contributed by atoms with Gasteiger partial charge in [-0.05, 0) is 62.1 Å². The average Bonchev–Trinajstić information content (AvgIpc) is 3.17. The number of ether oxygens (including phenoxy) is 1. The van der Waals surface area contributed by atoms with Gasteiger partial charge in [-0.15, -0.1) is 0 Å². The monoisotopic (exact) mass is 452 g/mol. The summed E-state index contributed by atoms with van der Waals surface area (Å²) >= 11 is 6.72. The van der Waals surface area contributed by atoms with E-state index in [1.165, 1.54) is 11.3 Å². The molecule has 0 spiro atoms. The van der Waals surface area contributed by atoms with Gasteiger partial charge < -0.3 is 14.2 Å². The molecule has 0 unspecified atom stereocenters. The van der Waals surface area contributed by atoms with Crippen LogP contribution in [-0.4, -0.2) is 59.9 Å². The number of imidazole rings is 1. The first-order valence-corrected chi connectivity index (χ1v) is 12.2. The van der Waals surface area contributed by atoms with Crippen molar-refractivity contribution in [1.82, 2.24) is 14.5 Å². The van der Waals surface area contributed by atoms with Gasteiger partial charge in [-0.2, -0.15) is 0 Å². The van der Waals surface area contributed by atoms with Gasteiger partial charge in [0.15, 0.2) is 0 Å². The van der Waals surface area contributed by atoms with Gasteiger partial charge >= 0.3 is 0 Å². The van der Waals surface area contributed by atoms with Crippen molar-refractivity contribution in [1.29, 1.82) is 0 Å². The average molecular weight is 453 g/mol. The van der Waals surface area contributed by atoms with Crippen molar-refractivity contribution in [2.75, 3.05) is 44.3 Å². The topological polar surface area (TPSA) is 33.5 Å². The van der Waals surface area contributed by atoms with Gasteiger partial charge in [0.05, 0.1) is 10.5 Å². The number of anilines is 1. The molecule has 0 radical (unpaired) electrons. The van der Waals surface area contributed by atoms with Gasteiger partial charge in [0.2, 0.25) is 0 Å². The van der Waals surface area contributed by atoms with Crippen LogP contribution < -0.4 is 4.90 Å². The van der Waals surface area contributed by atoms with Crippen molar-refractivity contribution in [3.8, 4) is 11.1 Å². The van der Waals surface area contributed by atoms with Gasteiger partial charge in [0.1, 0.15) is 11.3 Å². The molecule has 3 heterocycles. The number of hydrogen-bond donors (Lipinski definition) is 0. The normalized spacial score (nSPS) is 18.7. The molecule has 0 N–H and O–H groups in total. The maximum Gasteiger partial charge on any atom is 0.112 e. The summed E-state index contributed by atoms with van der Waals surface area (Å²) in [6, 6.07) is 13.8. The zero-order valence-corrected chi connectivity index (χ0v) is 20.1. The maximum atomic E-state index is 6.72. The molecule has 0 amide bonds. The Morgan fingerprint density at radius 1 is 0.969 bits per heavy atom. The highest BCUT2D eigenvalue weighted by Gasteiger charge is 2.23. The Hall–Kier alpha value is -2.08. The lowest BCUT2D eigenvalue weighted by atomic mass is 9.99.